The van der Waals surface area contributed by atoms with Crippen molar-refractivity contribution in [2.24, 2.45) is 0 Å². The summed E-state index contributed by atoms with van der Waals surface area (Å²) in [7, 11) is 0. The predicted octanol–water partition coefficient (Wildman–Crippen LogP) is 2.08. The first-order chi connectivity index (χ1) is 10.1. The Kier molecular flexibility index (Phi) is 5.11. The number of aliphatic carboxylic acids is 1. The number of hydrogen-bond acceptors (Lipinski definition) is 3. The Balaban J connectivity index is 1.94. The van der Waals surface area contributed by atoms with Crippen LogP contribution in [0.25, 0.3) is 6.08 Å². The van der Waals surface area contributed by atoms with Crippen molar-refractivity contribution in [3.63, 3.8) is 0 Å². The summed E-state index contributed by atoms with van der Waals surface area (Å²) in [4.78, 5) is 22.5. The van der Waals surface area contributed by atoms with Crippen molar-refractivity contribution < 1.29 is 19.4 Å². The molecule has 1 heterocycles. The molecule has 112 valence electrons. The minimum absolute atomic E-state index is 0.0217. The fourth-order valence-corrected chi connectivity index (χ4v) is 2.29. The molecule has 0 bridgehead atoms. The Labute approximate surface area is 123 Å². The lowest BCUT2D eigenvalue weighted by molar-refractivity contribution is -0.131. The van der Waals surface area contributed by atoms with Gasteiger partial charge in [0.25, 0.3) is 5.91 Å². The number of carbonyl (C=O) groups is 2. The first-order valence-electron chi connectivity index (χ1n) is 7.00. The number of nitrogens with one attached hydrogen (secondary N) is 1. The second-order valence-corrected chi connectivity index (χ2v) is 5.11. The van der Waals surface area contributed by atoms with Gasteiger partial charge in [-0.1, -0.05) is 12.1 Å². The molecule has 1 aromatic carbocycles. The molecule has 5 heteroatoms. The molecule has 1 aliphatic heterocycles. The van der Waals surface area contributed by atoms with E-state index < -0.39 is 5.97 Å². The molecule has 1 aliphatic rings. The van der Waals surface area contributed by atoms with E-state index in [0.717, 1.165) is 31.1 Å². The monoisotopic (exact) mass is 289 g/mol. The summed E-state index contributed by atoms with van der Waals surface area (Å²) in [6.07, 6.45) is 4.65. The Bertz CT molecular complexity index is 530. The zero-order chi connectivity index (χ0) is 15.2. The van der Waals surface area contributed by atoms with E-state index in [0.29, 0.717) is 5.56 Å². The summed E-state index contributed by atoms with van der Waals surface area (Å²) in [5.74, 6) is -1.14. The number of hydrogen-bond donors (Lipinski definition) is 2. The molecule has 0 saturated carbocycles. The quantitative estimate of drug-likeness (QED) is 0.814. The Morgan fingerprint density at radius 1 is 1.38 bits per heavy atom. The maximum atomic E-state index is 12.1. The largest absolute Gasteiger partial charge is 0.478 e. The van der Waals surface area contributed by atoms with Crippen LogP contribution in [0.2, 0.25) is 0 Å². The van der Waals surface area contributed by atoms with Crippen LogP contribution >= 0.6 is 0 Å². The zero-order valence-corrected chi connectivity index (χ0v) is 11.9. The highest BCUT2D eigenvalue weighted by atomic mass is 16.5. The topological polar surface area (TPSA) is 75.6 Å². The van der Waals surface area contributed by atoms with Crippen LogP contribution in [0.3, 0.4) is 0 Å². The average Bonchev–Trinajstić information content (AvgIpc) is 3.00. The molecule has 21 heavy (non-hydrogen) atoms. The number of benzene rings is 1. The highest BCUT2D eigenvalue weighted by Crippen LogP contribution is 2.16. The van der Waals surface area contributed by atoms with Gasteiger partial charge < -0.3 is 15.2 Å². The van der Waals surface area contributed by atoms with Crippen LogP contribution in [0.1, 0.15) is 35.7 Å². The van der Waals surface area contributed by atoms with Crippen molar-refractivity contribution >= 4 is 18.0 Å². The van der Waals surface area contributed by atoms with Gasteiger partial charge in [-0.25, -0.2) is 4.79 Å². The van der Waals surface area contributed by atoms with E-state index >= 15 is 0 Å². The van der Waals surface area contributed by atoms with Gasteiger partial charge in [0.05, 0.1) is 12.1 Å². The summed E-state index contributed by atoms with van der Waals surface area (Å²) in [6, 6.07) is 6.76. The second-order valence-electron chi connectivity index (χ2n) is 5.11. The van der Waals surface area contributed by atoms with Crippen LogP contribution in [0, 0.1) is 0 Å². The van der Waals surface area contributed by atoms with Crippen LogP contribution in [-0.4, -0.2) is 35.7 Å². The molecular formula is C16H19NO4. The van der Waals surface area contributed by atoms with Crippen LogP contribution < -0.4 is 5.32 Å². The molecule has 2 rings (SSSR count). The lowest BCUT2D eigenvalue weighted by atomic mass is 10.1. The lowest BCUT2D eigenvalue weighted by Gasteiger charge is -2.20. The standard InChI is InChI=1S/C16H19NO4/c1-11(14-3-2-10-21-14)17-16(20)13-7-4-12(5-8-13)6-9-15(18)19/h4-9,11,14H,2-3,10H2,1H3,(H,17,20)(H,18,19). The molecule has 0 spiro atoms. The molecule has 1 aromatic rings. The van der Waals surface area contributed by atoms with Crippen molar-refractivity contribution in [2.75, 3.05) is 6.61 Å². The third kappa shape index (κ3) is 4.43. The van der Waals surface area contributed by atoms with Crippen molar-refractivity contribution in [3.8, 4) is 0 Å². The van der Waals surface area contributed by atoms with E-state index in [4.69, 9.17) is 9.84 Å². The summed E-state index contributed by atoms with van der Waals surface area (Å²) in [6.45, 7) is 2.70. The van der Waals surface area contributed by atoms with Crippen LogP contribution in [-0.2, 0) is 9.53 Å². The fourth-order valence-electron chi connectivity index (χ4n) is 2.29. The van der Waals surface area contributed by atoms with Crippen molar-refractivity contribution in [3.05, 3.63) is 41.5 Å². The van der Waals surface area contributed by atoms with Crippen molar-refractivity contribution in [1.82, 2.24) is 5.32 Å². The second kappa shape index (κ2) is 7.04. The highest BCUT2D eigenvalue weighted by molar-refractivity contribution is 5.94. The molecule has 5 nitrogen and oxygen atoms in total. The van der Waals surface area contributed by atoms with Gasteiger partial charge in [-0.15, -0.1) is 0 Å². The van der Waals surface area contributed by atoms with E-state index in [2.05, 4.69) is 5.32 Å². The summed E-state index contributed by atoms with van der Waals surface area (Å²) < 4.78 is 5.55. The summed E-state index contributed by atoms with van der Waals surface area (Å²) in [5, 5.41) is 11.5. The normalized spacial score (nSPS) is 19.6. The lowest BCUT2D eigenvalue weighted by Crippen LogP contribution is -2.40. The van der Waals surface area contributed by atoms with Gasteiger partial charge >= 0.3 is 5.97 Å². The number of rotatable bonds is 5. The molecule has 1 saturated heterocycles. The molecule has 0 aliphatic carbocycles. The summed E-state index contributed by atoms with van der Waals surface area (Å²) >= 11 is 0. The van der Waals surface area contributed by atoms with Gasteiger partial charge in [0.1, 0.15) is 0 Å². The summed E-state index contributed by atoms with van der Waals surface area (Å²) in [5.41, 5.74) is 1.29. The van der Waals surface area contributed by atoms with E-state index in [1.807, 2.05) is 6.92 Å². The smallest absolute Gasteiger partial charge is 0.328 e. The minimum Gasteiger partial charge on any atom is -0.478 e. The van der Waals surface area contributed by atoms with Crippen LogP contribution in [0.4, 0.5) is 0 Å². The van der Waals surface area contributed by atoms with Gasteiger partial charge in [-0.2, -0.15) is 0 Å². The van der Waals surface area contributed by atoms with Crippen LogP contribution in [0.5, 0.6) is 0 Å². The molecule has 0 aromatic heterocycles. The van der Waals surface area contributed by atoms with E-state index in [-0.39, 0.29) is 18.1 Å². The number of carbonyl (C=O) groups excluding carboxylic acids is 1. The van der Waals surface area contributed by atoms with Gasteiger partial charge in [-0.05, 0) is 43.5 Å². The number of ether oxygens (including phenoxy) is 1. The molecule has 1 fully saturated rings. The maximum Gasteiger partial charge on any atom is 0.328 e. The van der Waals surface area contributed by atoms with Gasteiger partial charge in [-0.3, -0.25) is 4.79 Å². The number of carboxylic acids is 1. The van der Waals surface area contributed by atoms with Gasteiger partial charge in [0, 0.05) is 18.2 Å². The average molecular weight is 289 g/mol. The first-order valence-corrected chi connectivity index (χ1v) is 7.00. The predicted molar refractivity (Wildman–Crippen MR) is 79.0 cm³/mol. The Morgan fingerprint density at radius 2 is 2.10 bits per heavy atom. The molecular weight excluding hydrogens is 270 g/mol. The third-order valence-corrected chi connectivity index (χ3v) is 3.47. The number of carboxylic acid groups (broad SMARTS) is 1. The Hall–Kier alpha value is -2.14. The van der Waals surface area contributed by atoms with Crippen LogP contribution in [0.15, 0.2) is 30.3 Å². The Morgan fingerprint density at radius 3 is 2.67 bits per heavy atom. The highest BCUT2D eigenvalue weighted by Gasteiger charge is 2.23. The SMILES string of the molecule is CC(NC(=O)c1ccc(C=CC(=O)O)cc1)C1CCCO1. The van der Waals surface area contributed by atoms with Crippen molar-refractivity contribution in [2.45, 2.75) is 31.9 Å². The number of amides is 1. The van der Waals surface area contributed by atoms with Gasteiger partial charge in [0.15, 0.2) is 0 Å². The van der Waals surface area contributed by atoms with E-state index in [1.54, 1.807) is 24.3 Å². The van der Waals surface area contributed by atoms with E-state index in [9.17, 15) is 9.59 Å². The molecule has 1 amide bonds. The first kappa shape index (κ1) is 15.3. The fraction of sp³-hybridized carbons (Fsp3) is 0.375. The third-order valence-electron chi connectivity index (χ3n) is 3.47. The zero-order valence-electron chi connectivity index (χ0n) is 11.9. The minimum atomic E-state index is -0.998. The molecule has 2 atom stereocenters. The maximum absolute atomic E-state index is 12.1. The van der Waals surface area contributed by atoms with Gasteiger partial charge in [0.2, 0.25) is 0 Å². The molecule has 2 N–H and O–H groups in total. The molecule has 2 unspecified atom stereocenters. The van der Waals surface area contributed by atoms with Crippen molar-refractivity contribution in [1.29, 1.82) is 0 Å². The van der Waals surface area contributed by atoms with E-state index in [1.165, 1.54) is 6.08 Å². The molecule has 0 radical (unpaired) electrons.